The molecule has 88 valence electrons. The Hall–Kier alpha value is -1.64. The summed E-state index contributed by atoms with van der Waals surface area (Å²) in [5.74, 6) is 0.760. The maximum Gasteiger partial charge on any atom is 0.254 e. The zero-order valence-electron chi connectivity index (χ0n) is 10.2. The SMILES string of the molecule is C=C1C2C=CC(C2)C1C(=O)n1nc(C)cc1C. The van der Waals surface area contributed by atoms with E-state index in [4.69, 9.17) is 0 Å². The van der Waals surface area contributed by atoms with Crippen molar-refractivity contribution in [1.82, 2.24) is 9.78 Å². The summed E-state index contributed by atoms with van der Waals surface area (Å²) in [6.45, 7) is 7.92. The van der Waals surface area contributed by atoms with Gasteiger partial charge in [0.25, 0.3) is 5.91 Å². The molecule has 3 rings (SSSR count). The van der Waals surface area contributed by atoms with Crippen LogP contribution in [0, 0.1) is 31.6 Å². The van der Waals surface area contributed by atoms with Crippen molar-refractivity contribution in [1.29, 1.82) is 0 Å². The van der Waals surface area contributed by atoms with Crippen molar-refractivity contribution in [3.05, 3.63) is 41.8 Å². The van der Waals surface area contributed by atoms with Crippen LogP contribution in [0.1, 0.15) is 22.6 Å². The van der Waals surface area contributed by atoms with Crippen LogP contribution in [-0.2, 0) is 0 Å². The van der Waals surface area contributed by atoms with Crippen LogP contribution in [0.25, 0.3) is 0 Å². The first kappa shape index (κ1) is 10.5. The predicted molar refractivity (Wildman–Crippen MR) is 65.7 cm³/mol. The maximum absolute atomic E-state index is 12.5. The van der Waals surface area contributed by atoms with Crippen LogP contribution >= 0.6 is 0 Å². The van der Waals surface area contributed by atoms with Gasteiger partial charge in [0.15, 0.2) is 0 Å². The molecule has 17 heavy (non-hydrogen) atoms. The minimum atomic E-state index is -0.0667. The van der Waals surface area contributed by atoms with Crippen molar-refractivity contribution >= 4 is 5.91 Å². The van der Waals surface area contributed by atoms with Crippen molar-refractivity contribution in [2.24, 2.45) is 17.8 Å². The van der Waals surface area contributed by atoms with Crippen LogP contribution in [0.3, 0.4) is 0 Å². The predicted octanol–water partition coefficient (Wildman–Crippen LogP) is 2.52. The number of hydrogen-bond donors (Lipinski definition) is 0. The smallest absolute Gasteiger partial charge is 0.254 e. The average molecular weight is 228 g/mol. The van der Waals surface area contributed by atoms with Gasteiger partial charge in [-0.05, 0) is 38.2 Å². The molecule has 3 nitrogen and oxygen atoms in total. The second kappa shape index (κ2) is 3.42. The molecule has 1 fully saturated rings. The third-order valence-electron chi connectivity index (χ3n) is 3.91. The molecule has 3 unspecified atom stereocenters. The zero-order chi connectivity index (χ0) is 12.2. The van der Waals surface area contributed by atoms with Crippen LogP contribution in [0.5, 0.6) is 0 Å². The summed E-state index contributed by atoms with van der Waals surface area (Å²) >= 11 is 0. The van der Waals surface area contributed by atoms with E-state index in [1.165, 1.54) is 0 Å². The molecular formula is C14H16N2O. The molecular weight excluding hydrogens is 212 g/mol. The van der Waals surface area contributed by atoms with Gasteiger partial charge in [0.1, 0.15) is 0 Å². The van der Waals surface area contributed by atoms with E-state index in [1.54, 1.807) is 4.68 Å². The van der Waals surface area contributed by atoms with E-state index >= 15 is 0 Å². The first-order valence-electron chi connectivity index (χ1n) is 6.02. The van der Waals surface area contributed by atoms with Crippen molar-refractivity contribution in [3.8, 4) is 0 Å². The van der Waals surface area contributed by atoms with E-state index in [0.717, 1.165) is 23.4 Å². The van der Waals surface area contributed by atoms with Crippen LogP contribution < -0.4 is 0 Å². The molecule has 2 bridgehead atoms. The average Bonchev–Trinajstić information content (AvgIpc) is 2.92. The summed E-state index contributed by atoms with van der Waals surface area (Å²) in [7, 11) is 0. The first-order chi connectivity index (χ1) is 8.08. The first-order valence-corrected chi connectivity index (χ1v) is 6.02. The summed E-state index contributed by atoms with van der Waals surface area (Å²) in [6.07, 6.45) is 5.39. The second-order valence-corrected chi connectivity index (χ2v) is 5.12. The fourth-order valence-corrected chi connectivity index (χ4v) is 3.08. The molecule has 1 aromatic heterocycles. The maximum atomic E-state index is 12.5. The number of carbonyl (C=O) groups is 1. The van der Waals surface area contributed by atoms with Gasteiger partial charge in [0.05, 0.1) is 11.6 Å². The Labute approximate surface area is 101 Å². The van der Waals surface area contributed by atoms with Gasteiger partial charge in [0, 0.05) is 5.69 Å². The lowest BCUT2D eigenvalue weighted by atomic mass is 9.89. The number of rotatable bonds is 1. The monoisotopic (exact) mass is 228 g/mol. The highest BCUT2D eigenvalue weighted by molar-refractivity contribution is 5.85. The van der Waals surface area contributed by atoms with E-state index < -0.39 is 0 Å². The normalized spacial score (nSPS) is 30.2. The number of aryl methyl sites for hydroxylation is 2. The van der Waals surface area contributed by atoms with Crippen LogP contribution in [0.15, 0.2) is 30.4 Å². The standard InChI is InChI=1S/C14H16N2O/c1-8-6-9(2)16(15-8)14(17)13-10(3)11-4-5-12(13)7-11/h4-6,11-13H,3,7H2,1-2H3. The number of carbonyl (C=O) groups excluding carboxylic acids is 1. The molecule has 1 saturated carbocycles. The lowest BCUT2D eigenvalue weighted by Gasteiger charge is -2.19. The van der Waals surface area contributed by atoms with Crippen molar-refractivity contribution < 1.29 is 4.79 Å². The third kappa shape index (κ3) is 1.42. The molecule has 2 aliphatic rings. The molecule has 0 N–H and O–H groups in total. The van der Waals surface area contributed by atoms with E-state index in [-0.39, 0.29) is 11.8 Å². The highest BCUT2D eigenvalue weighted by Gasteiger charge is 2.43. The molecule has 3 heteroatoms. The lowest BCUT2D eigenvalue weighted by molar-refractivity contribution is 0.0820. The summed E-state index contributed by atoms with van der Waals surface area (Å²) in [5.41, 5.74) is 2.86. The summed E-state index contributed by atoms with van der Waals surface area (Å²) < 4.78 is 1.54. The van der Waals surface area contributed by atoms with E-state index in [9.17, 15) is 4.79 Å². The van der Waals surface area contributed by atoms with E-state index in [2.05, 4.69) is 23.8 Å². The number of aromatic nitrogens is 2. The van der Waals surface area contributed by atoms with Gasteiger partial charge in [-0.3, -0.25) is 4.79 Å². The Bertz CT molecular complexity index is 538. The minimum absolute atomic E-state index is 0.0667. The molecule has 0 saturated heterocycles. The van der Waals surface area contributed by atoms with Crippen molar-refractivity contribution in [2.45, 2.75) is 20.3 Å². The largest absolute Gasteiger partial charge is 0.272 e. The summed E-state index contributed by atoms with van der Waals surface area (Å²) in [5, 5.41) is 4.27. The topological polar surface area (TPSA) is 34.9 Å². The number of nitrogens with zero attached hydrogens (tertiary/aromatic N) is 2. The molecule has 0 aliphatic heterocycles. The molecule has 2 aliphatic carbocycles. The highest BCUT2D eigenvalue weighted by atomic mass is 16.2. The molecule has 3 atom stereocenters. The number of fused-ring (bicyclic) bond motifs is 2. The Morgan fingerprint density at radius 3 is 2.76 bits per heavy atom. The molecule has 0 spiro atoms. The Morgan fingerprint density at radius 2 is 2.24 bits per heavy atom. The highest BCUT2D eigenvalue weighted by Crippen LogP contribution is 2.47. The summed E-state index contributed by atoms with van der Waals surface area (Å²) in [6, 6.07) is 1.93. The Kier molecular flexibility index (Phi) is 2.12. The Morgan fingerprint density at radius 1 is 1.47 bits per heavy atom. The van der Waals surface area contributed by atoms with Gasteiger partial charge in [-0.25, -0.2) is 4.68 Å². The second-order valence-electron chi connectivity index (χ2n) is 5.12. The van der Waals surface area contributed by atoms with Crippen molar-refractivity contribution in [3.63, 3.8) is 0 Å². The number of hydrogen-bond acceptors (Lipinski definition) is 2. The third-order valence-corrected chi connectivity index (χ3v) is 3.91. The van der Waals surface area contributed by atoms with Gasteiger partial charge in [0.2, 0.25) is 0 Å². The Balaban J connectivity index is 1.96. The zero-order valence-corrected chi connectivity index (χ0v) is 10.2. The van der Waals surface area contributed by atoms with Gasteiger partial charge in [-0.15, -0.1) is 0 Å². The van der Waals surface area contributed by atoms with Crippen LogP contribution in [-0.4, -0.2) is 15.7 Å². The number of allylic oxidation sites excluding steroid dienone is 3. The van der Waals surface area contributed by atoms with E-state index in [1.807, 2.05) is 19.9 Å². The van der Waals surface area contributed by atoms with Gasteiger partial charge in [-0.1, -0.05) is 24.3 Å². The summed E-state index contributed by atoms with van der Waals surface area (Å²) in [4.78, 5) is 12.5. The fraction of sp³-hybridized carbons (Fsp3) is 0.429. The van der Waals surface area contributed by atoms with Crippen molar-refractivity contribution in [2.75, 3.05) is 0 Å². The molecule has 0 aromatic carbocycles. The van der Waals surface area contributed by atoms with Gasteiger partial charge in [-0.2, -0.15) is 5.10 Å². The fourth-order valence-electron chi connectivity index (χ4n) is 3.08. The van der Waals surface area contributed by atoms with Gasteiger partial charge >= 0.3 is 0 Å². The minimum Gasteiger partial charge on any atom is -0.272 e. The lowest BCUT2D eigenvalue weighted by Crippen LogP contribution is -2.28. The van der Waals surface area contributed by atoms with E-state index in [0.29, 0.717) is 11.8 Å². The van der Waals surface area contributed by atoms with Crippen LogP contribution in [0.4, 0.5) is 0 Å². The van der Waals surface area contributed by atoms with Crippen LogP contribution in [0.2, 0.25) is 0 Å². The molecule has 0 radical (unpaired) electrons. The molecule has 1 heterocycles. The van der Waals surface area contributed by atoms with Gasteiger partial charge < -0.3 is 0 Å². The quantitative estimate of drug-likeness (QED) is 0.692. The molecule has 0 amide bonds. The molecule has 1 aromatic rings.